The topological polar surface area (TPSA) is 94.8 Å². The van der Waals surface area contributed by atoms with E-state index in [2.05, 4.69) is 58.2 Å². The Labute approximate surface area is 257 Å². The summed E-state index contributed by atoms with van der Waals surface area (Å²) in [5, 5.41) is 7.86. The molecule has 1 N–H and O–H groups in total. The van der Waals surface area contributed by atoms with Gasteiger partial charge in [-0.25, -0.2) is 4.98 Å². The number of carbonyl (C=O) groups is 1. The van der Waals surface area contributed by atoms with Crippen LogP contribution in [0.15, 0.2) is 71.8 Å². The molecule has 1 aromatic heterocycles. The van der Waals surface area contributed by atoms with Gasteiger partial charge in [0.15, 0.2) is 18.1 Å². The molecule has 0 aliphatic carbocycles. The summed E-state index contributed by atoms with van der Waals surface area (Å²) in [6.07, 6.45) is 2.35. The summed E-state index contributed by atoms with van der Waals surface area (Å²) in [6.45, 7) is 5.74. The Morgan fingerprint density at radius 1 is 1.15 bits per heavy atom. The first-order chi connectivity index (χ1) is 19.1. The van der Waals surface area contributed by atoms with Gasteiger partial charge in [-0.1, -0.05) is 48.0 Å². The van der Waals surface area contributed by atoms with Gasteiger partial charge in [0.25, 0.3) is 11.5 Å². The highest BCUT2D eigenvalue weighted by molar-refractivity contribution is 9.13. The van der Waals surface area contributed by atoms with E-state index in [4.69, 9.17) is 14.5 Å². The van der Waals surface area contributed by atoms with E-state index in [0.29, 0.717) is 42.7 Å². The van der Waals surface area contributed by atoms with Crippen molar-refractivity contribution in [2.24, 2.45) is 5.10 Å². The number of para-hydroxylation sites is 1. The second kappa shape index (κ2) is 13.1. The van der Waals surface area contributed by atoms with Crippen LogP contribution in [0.3, 0.4) is 0 Å². The van der Waals surface area contributed by atoms with E-state index in [1.807, 2.05) is 57.2 Å². The Hall–Kier alpha value is -3.02. The van der Waals surface area contributed by atoms with Crippen molar-refractivity contribution in [2.75, 3.05) is 19.0 Å². The summed E-state index contributed by atoms with van der Waals surface area (Å²) in [7, 11) is 1.51. The molecule has 4 aromatic rings. The molecule has 208 valence electrons. The fourth-order valence-corrected chi connectivity index (χ4v) is 5.22. The third-order valence-corrected chi connectivity index (χ3v) is 8.98. The van der Waals surface area contributed by atoms with Gasteiger partial charge in [0.1, 0.15) is 5.82 Å². The lowest BCUT2D eigenvalue weighted by molar-refractivity contribution is -0.118. The number of anilines is 1. The number of benzene rings is 3. The quantitative estimate of drug-likeness (QED) is 0.181. The summed E-state index contributed by atoms with van der Waals surface area (Å²) in [6, 6.07) is 14.6. The van der Waals surface area contributed by atoms with E-state index in [0.717, 1.165) is 22.1 Å². The fourth-order valence-electron chi connectivity index (χ4n) is 3.92. The number of hydrogen-bond donors (Lipinski definition) is 1. The highest BCUT2D eigenvalue weighted by Crippen LogP contribution is 2.42. The van der Waals surface area contributed by atoms with Crippen molar-refractivity contribution in [3.05, 3.63) is 89.3 Å². The fraction of sp³-hybridized carbons (Fsp3) is 0.241. The van der Waals surface area contributed by atoms with Crippen LogP contribution in [0.25, 0.3) is 10.9 Å². The van der Waals surface area contributed by atoms with Gasteiger partial charge in [0.05, 0.1) is 28.7 Å². The molecule has 0 saturated heterocycles. The van der Waals surface area contributed by atoms with Gasteiger partial charge in [-0.05, 0) is 81.1 Å². The standard InChI is InChI=1S/C29H27Br3N4O4/c1-5-16(2)28-35-22-11-10-19(30)13-20(22)29(38)36(28)33-14-18-12-23(39-4)27(26(32)25(18)31)40-15-24(37)34-21-9-7-6-8-17(21)3/h6-14,16H,5,15H2,1-4H3,(H,34,37)/t16-/m1/s1. The van der Waals surface area contributed by atoms with Crippen molar-refractivity contribution in [1.82, 2.24) is 9.66 Å². The maximum atomic E-state index is 13.5. The van der Waals surface area contributed by atoms with Gasteiger partial charge in [0.2, 0.25) is 0 Å². The Morgan fingerprint density at radius 3 is 2.60 bits per heavy atom. The van der Waals surface area contributed by atoms with Crippen LogP contribution in [0.4, 0.5) is 5.69 Å². The predicted octanol–water partition coefficient (Wildman–Crippen LogP) is 7.41. The van der Waals surface area contributed by atoms with Crippen LogP contribution in [0.2, 0.25) is 0 Å². The third-order valence-electron chi connectivity index (χ3n) is 6.34. The Morgan fingerprint density at radius 2 is 1.90 bits per heavy atom. The molecule has 0 spiro atoms. The van der Waals surface area contributed by atoms with Crippen molar-refractivity contribution >= 4 is 76.5 Å². The molecule has 0 bridgehead atoms. The van der Waals surface area contributed by atoms with Gasteiger partial charge in [-0.2, -0.15) is 9.78 Å². The monoisotopic (exact) mass is 732 g/mol. The highest BCUT2D eigenvalue weighted by atomic mass is 79.9. The molecule has 0 fully saturated rings. The zero-order valence-electron chi connectivity index (χ0n) is 22.3. The first kappa shape index (κ1) is 30.0. The first-order valence-corrected chi connectivity index (χ1v) is 14.8. The van der Waals surface area contributed by atoms with Gasteiger partial charge in [-0.15, -0.1) is 0 Å². The summed E-state index contributed by atoms with van der Waals surface area (Å²) >= 11 is 10.6. The summed E-state index contributed by atoms with van der Waals surface area (Å²) in [4.78, 5) is 30.8. The maximum Gasteiger partial charge on any atom is 0.282 e. The molecule has 11 heteroatoms. The largest absolute Gasteiger partial charge is 0.493 e. The van der Waals surface area contributed by atoms with E-state index in [-0.39, 0.29) is 24.0 Å². The van der Waals surface area contributed by atoms with E-state index in [1.54, 1.807) is 18.3 Å². The van der Waals surface area contributed by atoms with Crippen LogP contribution in [0, 0.1) is 6.92 Å². The molecule has 0 unspecified atom stereocenters. The molecular weight excluding hydrogens is 708 g/mol. The second-order valence-electron chi connectivity index (χ2n) is 9.08. The minimum absolute atomic E-state index is 0.00389. The number of halogens is 3. The summed E-state index contributed by atoms with van der Waals surface area (Å²) < 4.78 is 14.7. The lowest BCUT2D eigenvalue weighted by atomic mass is 10.1. The third kappa shape index (κ3) is 6.47. The molecule has 0 radical (unpaired) electrons. The molecule has 40 heavy (non-hydrogen) atoms. The van der Waals surface area contributed by atoms with Crippen LogP contribution < -0.4 is 20.3 Å². The molecule has 4 rings (SSSR count). The lowest BCUT2D eigenvalue weighted by Crippen LogP contribution is -2.23. The minimum atomic E-state index is -0.308. The number of rotatable bonds is 9. The lowest BCUT2D eigenvalue weighted by Gasteiger charge is -2.16. The van der Waals surface area contributed by atoms with Crippen molar-refractivity contribution < 1.29 is 14.3 Å². The zero-order chi connectivity index (χ0) is 29.0. The van der Waals surface area contributed by atoms with E-state index in [9.17, 15) is 9.59 Å². The smallest absolute Gasteiger partial charge is 0.282 e. The molecule has 1 heterocycles. The molecule has 1 atom stereocenters. The number of hydrogen-bond acceptors (Lipinski definition) is 6. The summed E-state index contributed by atoms with van der Waals surface area (Å²) in [5.41, 5.74) is 2.65. The van der Waals surface area contributed by atoms with Crippen LogP contribution in [0.5, 0.6) is 11.5 Å². The molecule has 8 nitrogen and oxygen atoms in total. The van der Waals surface area contributed by atoms with E-state index < -0.39 is 0 Å². The molecule has 3 aromatic carbocycles. The second-order valence-corrected chi connectivity index (χ2v) is 11.6. The van der Waals surface area contributed by atoms with Crippen molar-refractivity contribution in [2.45, 2.75) is 33.1 Å². The van der Waals surface area contributed by atoms with Gasteiger partial charge >= 0.3 is 0 Å². The summed E-state index contributed by atoms with van der Waals surface area (Å²) in [5.74, 6) is 0.998. The number of amides is 1. The van der Waals surface area contributed by atoms with Crippen molar-refractivity contribution in [3.8, 4) is 11.5 Å². The Balaban J connectivity index is 1.66. The molecule has 0 aliphatic heterocycles. The van der Waals surface area contributed by atoms with Crippen molar-refractivity contribution in [3.63, 3.8) is 0 Å². The number of nitrogens with one attached hydrogen (secondary N) is 1. The van der Waals surface area contributed by atoms with E-state index in [1.165, 1.54) is 11.8 Å². The number of fused-ring (bicyclic) bond motifs is 1. The number of nitrogens with zero attached hydrogens (tertiary/aromatic N) is 3. The van der Waals surface area contributed by atoms with E-state index >= 15 is 0 Å². The van der Waals surface area contributed by atoms with Gasteiger partial charge < -0.3 is 14.8 Å². The Bertz CT molecular complexity index is 1670. The SMILES string of the molecule is CC[C@@H](C)c1nc2ccc(Br)cc2c(=O)n1N=Cc1cc(OC)c(OCC(=O)Nc2ccccc2C)c(Br)c1Br. The number of carbonyl (C=O) groups excluding carboxylic acids is 1. The minimum Gasteiger partial charge on any atom is -0.493 e. The number of methoxy groups -OCH3 is 1. The number of aromatic nitrogens is 2. The zero-order valence-corrected chi connectivity index (χ0v) is 27.1. The molecule has 1 amide bonds. The van der Waals surface area contributed by atoms with Crippen LogP contribution in [-0.4, -0.2) is 35.5 Å². The maximum absolute atomic E-state index is 13.5. The van der Waals surface area contributed by atoms with Crippen LogP contribution >= 0.6 is 47.8 Å². The normalized spacial score (nSPS) is 12.1. The first-order valence-electron chi connectivity index (χ1n) is 12.4. The Kier molecular flexibility index (Phi) is 9.81. The average molecular weight is 735 g/mol. The number of ether oxygens (including phenoxy) is 2. The highest BCUT2D eigenvalue weighted by Gasteiger charge is 2.19. The number of aryl methyl sites for hydroxylation is 1. The predicted molar refractivity (Wildman–Crippen MR) is 169 cm³/mol. The van der Waals surface area contributed by atoms with Crippen molar-refractivity contribution in [1.29, 1.82) is 0 Å². The van der Waals surface area contributed by atoms with Gasteiger partial charge in [0, 0.05) is 26.1 Å². The van der Waals surface area contributed by atoms with Gasteiger partial charge in [-0.3, -0.25) is 9.59 Å². The molecular formula is C29H27Br3N4O4. The molecule has 0 saturated carbocycles. The van der Waals surface area contributed by atoms with Crippen LogP contribution in [0.1, 0.15) is 43.1 Å². The average Bonchev–Trinajstić information content (AvgIpc) is 2.94. The van der Waals surface area contributed by atoms with Crippen LogP contribution in [-0.2, 0) is 4.79 Å². The molecule has 0 aliphatic rings.